The lowest BCUT2D eigenvalue weighted by molar-refractivity contribution is -0.335. The first-order valence-corrected chi connectivity index (χ1v) is 5.76. The highest BCUT2D eigenvalue weighted by atomic mass is 16.8. The summed E-state index contributed by atoms with van der Waals surface area (Å²) in [5.74, 6) is -11.7. The summed E-state index contributed by atoms with van der Waals surface area (Å²) in [6.45, 7) is 0.881. The third-order valence-corrected chi connectivity index (χ3v) is 2.71. The molecule has 0 aromatic carbocycles. The predicted molar refractivity (Wildman–Crippen MR) is 63.0 cm³/mol. The van der Waals surface area contributed by atoms with Crippen molar-refractivity contribution in [2.24, 2.45) is 5.73 Å². The van der Waals surface area contributed by atoms with Crippen LogP contribution in [0.5, 0.6) is 0 Å². The van der Waals surface area contributed by atoms with E-state index in [0.29, 0.717) is 24.3 Å². The molecular weight excluding hydrogens is 302 g/mol. The Morgan fingerprint density at radius 1 is 0.818 bits per heavy atom. The van der Waals surface area contributed by atoms with Crippen LogP contribution in [0.1, 0.15) is 6.92 Å². The summed E-state index contributed by atoms with van der Waals surface area (Å²) in [6, 6.07) is 0. The van der Waals surface area contributed by atoms with Crippen molar-refractivity contribution in [2.45, 2.75) is 18.5 Å². The van der Waals surface area contributed by atoms with Gasteiger partial charge in [0, 0.05) is 31.2 Å². The quantitative estimate of drug-likeness (QED) is 0.582. The molecule has 0 spiro atoms. The molecule has 2 aliphatic heterocycles. The van der Waals surface area contributed by atoms with Gasteiger partial charge in [0.1, 0.15) is 0 Å². The number of carbonyl (C=O) groups excluding carboxylic acids is 5. The molecule has 10 nitrogen and oxygen atoms in total. The molecule has 0 unspecified atom stereocenters. The zero-order chi connectivity index (χ0) is 16.5. The minimum Gasteiger partial charge on any atom is -0.411 e. The fraction of sp³-hybridized carbons (Fsp3) is 0.250. The van der Waals surface area contributed by atoms with Gasteiger partial charge in [0.2, 0.25) is 0 Å². The Labute approximate surface area is 122 Å². The number of hydrogen-bond donors (Lipinski definition) is 1. The van der Waals surface area contributed by atoms with Crippen LogP contribution in [-0.4, -0.2) is 41.4 Å². The molecule has 2 aliphatic rings. The minimum atomic E-state index is -2.98. The second kappa shape index (κ2) is 4.98. The number of carbonyl (C=O) groups is 5. The van der Waals surface area contributed by atoms with E-state index < -0.39 is 41.4 Å². The molecule has 0 radical (unpaired) electrons. The number of cyclic esters (lactones) is 4. The first kappa shape index (κ1) is 15.2. The summed E-state index contributed by atoms with van der Waals surface area (Å²) in [7, 11) is 0. The zero-order valence-electron chi connectivity index (χ0n) is 11.1. The van der Waals surface area contributed by atoms with Crippen LogP contribution in [-0.2, 0) is 42.9 Å². The van der Waals surface area contributed by atoms with E-state index in [4.69, 9.17) is 24.7 Å². The van der Waals surface area contributed by atoms with Crippen molar-refractivity contribution in [3.05, 3.63) is 24.3 Å². The minimum absolute atomic E-state index is 0.662. The topological polar surface area (TPSA) is 148 Å². The Bertz CT molecular complexity index is 605. The largest absolute Gasteiger partial charge is 0.416 e. The van der Waals surface area contributed by atoms with E-state index in [1.165, 1.54) is 0 Å². The molecule has 22 heavy (non-hydrogen) atoms. The molecule has 0 saturated heterocycles. The highest BCUT2D eigenvalue weighted by Gasteiger charge is 2.67. The smallest absolute Gasteiger partial charge is 0.411 e. The highest BCUT2D eigenvalue weighted by Crippen LogP contribution is 2.36. The molecule has 0 fully saturated rings. The van der Waals surface area contributed by atoms with Crippen LogP contribution in [0.3, 0.4) is 0 Å². The summed E-state index contributed by atoms with van der Waals surface area (Å²) in [5.41, 5.74) is 5.13. The Morgan fingerprint density at radius 2 is 1.14 bits per heavy atom. The van der Waals surface area contributed by atoms with Crippen molar-refractivity contribution >= 4 is 29.8 Å². The molecular formula is C12H9NO9. The molecule has 0 saturated carbocycles. The maximum absolute atomic E-state index is 11.8. The molecule has 2 heterocycles. The number of primary amides is 1. The van der Waals surface area contributed by atoms with Gasteiger partial charge in [-0.05, 0) is 0 Å². The fourth-order valence-electron chi connectivity index (χ4n) is 1.76. The van der Waals surface area contributed by atoms with Crippen molar-refractivity contribution in [1.29, 1.82) is 0 Å². The van der Waals surface area contributed by atoms with Gasteiger partial charge in [-0.25, -0.2) is 19.2 Å². The lowest BCUT2D eigenvalue weighted by Gasteiger charge is -2.39. The van der Waals surface area contributed by atoms with E-state index >= 15 is 0 Å². The van der Waals surface area contributed by atoms with Gasteiger partial charge in [-0.2, -0.15) is 0 Å². The summed E-state index contributed by atoms with van der Waals surface area (Å²) < 4.78 is 18.9. The van der Waals surface area contributed by atoms with Crippen molar-refractivity contribution in [3.63, 3.8) is 0 Å². The van der Waals surface area contributed by atoms with Crippen molar-refractivity contribution in [1.82, 2.24) is 0 Å². The van der Waals surface area contributed by atoms with Crippen molar-refractivity contribution in [3.8, 4) is 0 Å². The normalized spacial score (nSPS) is 22.6. The number of rotatable bonds is 2. The first-order chi connectivity index (χ1) is 10.2. The molecule has 10 heteroatoms. The van der Waals surface area contributed by atoms with Gasteiger partial charge in [0.15, 0.2) is 0 Å². The van der Waals surface area contributed by atoms with Crippen molar-refractivity contribution < 1.29 is 42.9 Å². The van der Waals surface area contributed by atoms with Gasteiger partial charge in [-0.15, -0.1) is 0 Å². The zero-order valence-corrected chi connectivity index (χ0v) is 11.1. The van der Waals surface area contributed by atoms with Crippen LogP contribution in [0.2, 0.25) is 0 Å². The maximum Gasteiger partial charge on any atom is 0.416 e. The molecule has 0 aliphatic carbocycles. The predicted octanol–water partition coefficient (Wildman–Crippen LogP) is -1.80. The summed E-state index contributed by atoms with van der Waals surface area (Å²) in [6.07, 6.45) is 2.74. The third-order valence-electron chi connectivity index (χ3n) is 2.71. The Kier molecular flexibility index (Phi) is 3.45. The Hall–Kier alpha value is -3.17. The van der Waals surface area contributed by atoms with Gasteiger partial charge < -0.3 is 24.7 Å². The molecule has 0 bridgehead atoms. The Balaban J connectivity index is 2.57. The average Bonchev–Trinajstić information content (AvgIpc) is 2.64. The number of esters is 4. The van der Waals surface area contributed by atoms with E-state index in [2.05, 4.69) is 0 Å². The lowest BCUT2D eigenvalue weighted by atomic mass is 10.1. The lowest BCUT2D eigenvalue weighted by Crippen LogP contribution is -2.67. The van der Waals surface area contributed by atoms with Gasteiger partial charge in [-0.1, -0.05) is 0 Å². The summed E-state index contributed by atoms with van der Waals surface area (Å²) in [5, 5.41) is 0. The van der Waals surface area contributed by atoms with Crippen molar-refractivity contribution in [2.75, 3.05) is 0 Å². The molecule has 2 N–H and O–H groups in total. The van der Waals surface area contributed by atoms with Crippen LogP contribution < -0.4 is 5.73 Å². The van der Waals surface area contributed by atoms with Gasteiger partial charge >= 0.3 is 41.4 Å². The molecule has 0 aromatic rings. The van der Waals surface area contributed by atoms with Gasteiger partial charge in [0.05, 0.1) is 0 Å². The number of nitrogens with two attached hydrogens (primary N) is 1. The SMILES string of the molecule is CC1(C2(C(N)=O)OC(=O)C=CC(=O)O2)OC(=O)C=CC(=O)O1. The molecule has 0 atom stereocenters. The van der Waals surface area contributed by atoms with Gasteiger partial charge in [-0.3, -0.25) is 4.79 Å². The van der Waals surface area contributed by atoms with E-state index in [1.54, 1.807) is 0 Å². The van der Waals surface area contributed by atoms with Gasteiger partial charge in [0.25, 0.3) is 0 Å². The van der Waals surface area contributed by atoms with E-state index in [-0.39, 0.29) is 0 Å². The monoisotopic (exact) mass is 311 g/mol. The molecule has 116 valence electrons. The third kappa shape index (κ3) is 2.41. The maximum atomic E-state index is 11.8. The molecule has 2 rings (SSSR count). The summed E-state index contributed by atoms with van der Waals surface area (Å²) in [4.78, 5) is 57.9. The number of ether oxygens (including phenoxy) is 4. The highest BCUT2D eigenvalue weighted by molar-refractivity contribution is 5.99. The number of hydrogen-bond acceptors (Lipinski definition) is 9. The second-order valence-electron chi connectivity index (χ2n) is 4.28. The van der Waals surface area contributed by atoms with Crippen LogP contribution in [0, 0.1) is 0 Å². The fourth-order valence-corrected chi connectivity index (χ4v) is 1.76. The van der Waals surface area contributed by atoms with E-state index in [1.807, 2.05) is 0 Å². The summed E-state index contributed by atoms with van der Waals surface area (Å²) >= 11 is 0. The molecule has 0 aromatic heterocycles. The Morgan fingerprint density at radius 3 is 1.45 bits per heavy atom. The standard InChI is InChI=1S/C12H9NO9/c1-11(19-6(14)2-3-7(15)20-11)12(10(13)18)21-8(16)4-5-9(17)22-12/h2-5H,1H3,(H2,13,18). The average molecular weight is 311 g/mol. The van der Waals surface area contributed by atoms with E-state index in [9.17, 15) is 24.0 Å². The van der Waals surface area contributed by atoms with E-state index in [0.717, 1.165) is 6.92 Å². The van der Waals surface area contributed by atoms with Crippen LogP contribution in [0.4, 0.5) is 0 Å². The van der Waals surface area contributed by atoms with Crippen LogP contribution >= 0.6 is 0 Å². The number of amides is 1. The molecule has 1 amide bonds. The van der Waals surface area contributed by atoms with Crippen LogP contribution in [0.15, 0.2) is 24.3 Å². The first-order valence-electron chi connectivity index (χ1n) is 5.76. The second-order valence-corrected chi connectivity index (χ2v) is 4.28. The van der Waals surface area contributed by atoms with Crippen LogP contribution in [0.25, 0.3) is 0 Å².